The predicted octanol–water partition coefficient (Wildman–Crippen LogP) is 9.09. The molecule has 1 aromatic carbocycles. The van der Waals surface area contributed by atoms with Crippen molar-refractivity contribution in [3.05, 3.63) is 36.8 Å². The Bertz CT molecular complexity index is 2080. The topological polar surface area (TPSA) is 117 Å². The first kappa shape index (κ1) is 35.0. The Morgan fingerprint density at radius 3 is 2.25 bits per heavy atom. The summed E-state index contributed by atoms with van der Waals surface area (Å²) in [6, 6.07) is 6.71. The molecule has 5 aromatic rings. The number of carbonyl (C=O) groups excluding carboxylic acids is 2. The van der Waals surface area contributed by atoms with Crippen molar-refractivity contribution in [3.63, 3.8) is 0 Å². The minimum atomic E-state index is -0.658. The summed E-state index contributed by atoms with van der Waals surface area (Å²) in [6.45, 7) is 12.1. The molecule has 276 valence electrons. The molecule has 0 saturated carbocycles. The van der Waals surface area contributed by atoms with Gasteiger partial charge in [0.05, 0.1) is 11.7 Å². The molecule has 4 atom stereocenters. The van der Waals surface area contributed by atoms with E-state index in [1.807, 2.05) is 75.7 Å². The second-order valence-corrected chi connectivity index (χ2v) is 18.2. The van der Waals surface area contributed by atoms with Gasteiger partial charge in [-0.05, 0) is 104 Å². The minimum absolute atomic E-state index is 0.0662. The van der Waals surface area contributed by atoms with Crippen LogP contribution in [0.3, 0.4) is 0 Å². The van der Waals surface area contributed by atoms with Crippen molar-refractivity contribution in [2.24, 2.45) is 0 Å². The fourth-order valence-electron chi connectivity index (χ4n) is 7.85. The molecule has 3 saturated heterocycles. The van der Waals surface area contributed by atoms with Gasteiger partial charge in [-0.15, -0.1) is 0 Å². The molecule has 0 aliphatic carbocycles. The molecule has 52 heavy (non-hydrogen) atoms. The molecule has 3 aliphatic rings. The van der Waals surface area contributed by atoms with Crippen LogP contribution in [0.1, 0.15) is 92.7 Å². The van der Waals surface area contributed by atoms with Gasteiger partial charge in [-0.3, -0.25) is 4.57 Å². The van der Waals surface area contributed by atoms with E-state index in [0.717, 1.165) is 98.9 Å². The fourth-order valence-corrected chi connectivity index (χ4v) is 9.94. The third-order valence-corrected chi connectivity index (χ3v) is 12.3. The molecule has 3 aliphatic heterocycles. The van der Waals surface area contributed by atoms with Gasteiger partial charge in [0.2, 0.25) is 0 Å². The van der Waals surface area contributed by atoms with Crippen LogP contribution in [0.4, 0.5) is 14.7 Å². The van der Waals surface area contributed by atoms with E-state index in [2.05, 4.69) is 23.1 Å². The van der Waals surface area contributed by atoms with Crippen molar-refractivity contribution < 1.29 is 23.8 Å². The summed E-state index contributed by atoms with van der Waals surface area (Å²) in [7, 11) is 2.11. The van der Waals surface area contributed by atoms with Crippen molar-refractivity contribution in [1.82, 2.24) is 29.2 Å². The maximum Gasteiger partial charge on any atom is 0.419 e. The highest BCUT2D eigenvalue weighted by Gasteiger charge is 2.46. The maximum absolute atomic E-state index is 13.6. The molecule has 14 heteroatoms. The molecule has 8 rings (SSSR count). The van der Waals surface area contributed by atoms with E-state index in [-0.39, 0.29) is 30.4 Å². The summed E-state index contributed by atoms with van der Waals surface area (Å²) in [6.07, 6.45) is 11.9. The van der Waals surface area contributed by atoms with Crippen LogP contribution in [0.15, 0.2) is 36.8 Å². The molecule has 1 amide bonds. The number of anilines is 1. The highest BCUT2D eigenvalue weighted by atomic mass is 32.1. The van der Waals surface area contributed by atoms with Gasteiger partial charge < -0.3 is 24.0 Å². The van der Waals surface area contributed by atoms with Gasteiger partial charge in [-0.2, -0.15) is 5.10 Å². The second-order valence-electron chi connectivity index (χ2n) is 16.3. The van der Waals surface area contributed by atoms with E-state index in [0.29, 0.717) is 0 Å². The molecular weight excluding hydrogens is 699 g/mol. The maximum atomic E-state index is 13.6. The zero-order valence-electron chi connectivity index (χ0n) is 30.9. The normalized spacial score (nSPS) is 22.3. The highest BCUT2D eigenvalue weighted by molar-refractivity contribution is 7.29. The first-order valence-corrected chi connectivity index (χ1v) is 19.9. The molecule has 0 N–H and O–H groups in total. The number of rotatable bonds is 5. The van der Waals surface area contributed by atoms with Crippen LogP contribution in [-0.2, 0) is 14.2 Å². The summed E-state index contributed by atoms with van der Waals surface area (Å²) in [5, 5.41) is 7.28. The third kappa shape index (κ3) is 6.69. The van der Waals surface area contributed by atoms with E-state index < -0.39 is 17.3 Å². The largest absolute Gasteiger partial charge is 0.444 e. The van der Waals surface area contributed by atoms with Crippen LogP contribution in [0.5, 0.6) is 0 Å². The van der Waals surface area contributed by atoms with Crippen molar-refractivity contribution in [1.29, 1.82) is 0 Å². The Labute approximate surface area is 311 Å². The zero-order valence-corrected chi connectivity index (χ0v) is 32.6. The standard InChI is InChI=1S/C38H47N7O5S2/c1-37(2,3)49-35(46)43-16-15-27-26(22-20-39-44(21-22)29-10-8-9-17-48-29)13-14-28(30(27)43)31-40-32-33(51-31)41-34(52-32)42(7)25-18-23-11-12-24(19-25)45(23)36(47)50-38(4,5)6/h13-16,20-21,23-25,29H,8-12,17-19H2,1-7H3/t23-,24+,25?,29?. The quantitative estimate of drug-likeness (QED) is 0.174. The molecule has 0 spiro atoms. The molecule has 7 heterocycles. The van der Waals surface area contributed by atoms with Gasteiger partial charge >= 0.3 is 12.2 Å². The predicted molar refractivity (Wildman–Crippen MR) is 204 cm³/mol. The summed E-state index contributed by atoms with van der Waals surface area (Å²) >= 11 is 3.11. The summed E-state index contributed by atoms with van der Waals surface area (Å²) in [4.78, 5) is 42.7. The van der Waals surface area contributed by atoms with Gasteiger partial charge in [0.15, 0.2) is 14.8 Å². The number of ether oxygens (including phenoxy) is 3. The van der Waals surface area contributed by atoms with Gasteiger partial charge in [-0.25, -0.2) is 24.2 Å². The lowest BCUT2D eigenvalue weighted by Crippen LogP contribution is -2.53. The number of aromatic nitrogens is 5. The summed E-state index contributed by atoms with van der Waals surface area (Å²) < 4.78 is 21.1. The molecule has 0 radical (unpaired) electrons. The van der Waals surface area contributed by atoms with Crippen LogP contribution < -0.4 is 4.90 Å². The molecule has 12 nitrogen and oxygen atoms in total. The van der Waals surface area contributed by atoms with Crippen LogP contribution in [0.2, 0.25) is 0 Å². The Hall–Kier alpha value is -4.01. The molecule has 3 fully saturated rings. The van der Waals surface area contributed by atoms with Gasteiger partial charge in [0.25, 0.3) is 0 Å². The van der Waals surface area contributed by atoms with Gasteiger partial charge in [0.1, 0.15) is 22.4 Å². The van der Waals surface area contributed by atoms with Crippen LogP contribution >= 0.6 is 22.7 Å². The van der Waals surface area contributed by atoms with Gasteiger partial charge in [0, 0.05) is 60.7 Å². The Balaban J connectivity index is 1.09. The lowest BCUT2D eigenvalue weighted by molar-refractivity contribution is -0.0394. The average molecular weight is 746 g/mol. The Morgan fingerprint density at radius 1 is 0.885 bits per heavy atom. The molecular formula is C38H47N7O5S2. The second kappa shape index (κ2) is 13.1. The number of piperidine rings is 1. The fraction of sp³-hybridized carbons (Fsp3) is 0.553. The molecule has 2 bridgehead atoms. The van der Waals surface area contributed by atoms with E-state index in [4.69, 9.17) is 24.2 Å². The minimum Gasteiger partial charge on any atom is -0.444 e. The van der Waals surface area contributed by atoms with Crippen LogP contribution in [0, 0.1) is 0 Å². The number of hydrogen-bond donors (Lipinski definition) is 0. The number of amides is 1. The highest BCUT2D eigenvalue weighted by Crippen LogP contribution is 2.44. The first-order chi connectivity index (χ1) is 24.7. The van der Waals surface area contributed by atoms with Crippen LogP contribution in [-0.4, -0.2) is 84.4 Å². The number of thiazole rings is 2. The van der Waals surface area contributed by atoms with E-state index in [9.17, 15) is 9.59 Å². The number of nitrogens with zero attached hydrogens (tertiary/aromatic N) is 7. The SMILES string of the molecule is CN(c1nc2sc(-c3ccc(-c4cnn(C5CCCCO5)c4)c4ccn(C(=O)OC(C)(C)C)c34)nc2s1)C1C[C@H]2CC[C@@H](C1)N2C(=O)OC(C)(C)C. The monoisotopic (exact) mass is 745 g/mol. The third-order valence-electron chi connectivity index (χ3n) is 10.2. The van der Waals surface area contributed by atoms with E-state index in [1.165, 1.54) is 11.3 Å². The summed E-state index contributed by atoms with van der Waals surface area (Å²) in [5.74, 6) is 0. The Kier molecular flexibility index (Phi) is 8.85. The lowest BCUT2D eigenvalue weighted by atomic mass is 9.97. The molecule has 4 aromatic heterocycles. The Morgan fingerprint density at radius 2 is 1.58 bits per heavy atom. The number of carbonyl (C=O) groups is 2. The van der Waals surface area contributed by atoms with Crippen molar-refractivity contribution in [3.8, 4) is 21.7 Å². The van der Waals surface area contributed by atoms with E-state index >= 15 is 0 Å². The van der Waals surface area contributed by atoms with Crippen molar-refractivity contribution >= 4 is 60.6 Å². The number of fused-ring (bicyclic) bond motifs is 4. The number of hydrogen-bond acceptors (Lipinski definition) is 11. The smallest absolute Gasteiger partial charge is 0.419 e. The van der Waals surface area contributed by atoms with E-state index in [1.54, 1.807) is 22.1 Å². The molecule has 2 unspecified atom stereocenters. The van der Waals surface area contributed by atoms with Crippen molar-refractivity contribution in [2.45, 2.75) is 122 Å². The first-order valence-electron chi connectivity index (χ1n) is 18.3. The summed E-state index contributed by atoms with van der Waals surface area (Å²) in [5.41, 5.74) is 2.33. The lowest BCUT2D eigenvalue weighted by Gasteiger charge is -2.42. The average Bonchev–Trinajstić information content (AvgIpc) is 3.91. The zero-order chi connectivity index (χ0) is 36.5. The van der Waals surface area contributed by atoms with Gasteiger partial charge in [-0.1, -0.05) is 28.7 Å². The van der Waals surface area contributed by atoms with Crippen molar-refractivity contribution in [2.75, 3.05) is 18.6 Å². The van der Waals surface area contributed by atoms with Crippen LogP contribution in [0.25, 0.3) is 42.3 Å². The number of benzene rings is 1.